The Morgan fingerprint density at radius 1 is 1.03 bits per heavy atom. The van der Waals surface area contributed by atoms with E-state index >= 15 is 0 Å². The van der Waals surface area contributed by atoms with Crippen molar-refractivity contribution in [2.45, 2.75) is 51.9 Å². The van der Waals surface area contributed by atoms with Crippen LogP contribution in [0.25, 0.3) is 10.9 Å². The number of piperazine rings is 1. The first-order valence-electron chi connectivity index (χ1n) is 12.2. The van der Waals surface area contributed by atoms with Gasteiger partial charge in [-0.1, -0.05) is 6.07 Å². The largest absolute Gasteiger partial charge is 0.354 e. The number of benzene rings is 1. The van der Waals surface area contributed by atoms with E-state index in [1.807, 2.05) is 0 Å². The summed E-state index contributed by atoms with van der Waals surface area (Å²) in [7, 11) is 0. The van der Waals surface area contributed by atoms with Gasteiger partial charge in [-0.3, -0.25) is 4.79 Å². The van der Waals surface area contributed by atoms with Gasteiger partial charge in [-0.25, -0.2) is 4.98 Å². The Labute approximate surface area is 209 Å². The topological polar surface area (TPSA) is 57.3 Å². The second-order valence-electron chi connectivity index (χ2n) is 10.9. The van der Waals surface area contributed by atoms with Crippen molar-refractivity contribution in [3.05, 3.63) is 29.8 Å². The highest BCUT2D eigenvalue weighted by Gasteiger charge is 2.51. The maximum absolute atomic E-state index is 13.3. The molecular formula is C26H36Cl2N4O. The standard InChI is InChI=1S/C26H34N4O.2ClH/c1-17-2-4-22-21(3-5-23(28-22)30-8-6-27-7-9-30)25(17)29-24(31)16-26-13-18-10-19(14-26)12-20(11-18)15-26;;/h2-5,18-20,27H,6-16H2,1H3,(H,29,31);2*1H. The Balaban J connectivity index is 0.00000130. The number of nitrogens with one attached hydrogen (secondary N) is 2. The fourth-order valence-corrected chi connectivity index (χ4v) is 7.57. The Hall–Kier alpha value is -1.56. The molecular weight excluding hydrogens is 455 g/mol. The van der Waals surface area contributed by atoms with Crippen LogP contribution in [0.1, 0.15) is 50.5 Å². The lowest BCUT2D eigenvalue weighted by Gasteiger charge is -2.56. The van der Waals surface area contributed by atoms with E-state index in [0.717, 1.165) is 71.9 Å². The Morgan fingerprint density at radius 3 is 2.30 bits per heavy atom. The fourth-order valence-electron chi connectivity index (χ4n) is 7.57. The zero-order chi connectivity index (χ0) is 21.0. The third-order valence-electron chi connectivity index (χ3n) is 8.47. The first-order valence-corrected chi connectivity index (χ1v) is 12.2. The number of aromatic nitrogens is 1. The Bertz CT molecular complexity index is 985. The molecule has 1 aromatic carbocycles. The van der Waals surface area contributed by atoms with Crippen LogP contribution in [0.4, 0.5) is 11.5 Å². The molecule has 1 amide bonds. The summed E-state index contributed by atoms with van der Waals surface area (Å²) in [5.74, 6) is 3.87. The van der Waals surface area contributed by atoms with Crippen molar-refractivity contribution in [2.75, 3.05) is 36.4 Å². The Morgan fingerprint density at radius 2 is 1.67 bits per heavy atom. The number of fused-ring (bicyclic) bond motifs is 1. The van der Waals surface area contributed by atoms with Gasteiger partial charge < -0.3 is 15.5 Å². The van der Waals surface area contributed by atoms with Gasteiger partial charge in [0, 0.05) is 38.0 Å². The smallest absolute Gasteiger partial charge is 0.224 e. The second kappa shape index (κ2) is 9.59. The number of anilines is 2. The summed E-state index contributed by atoms with van der Waals surface area (Å²) in [6.07, 6.45) is 8.78. The number of aryl methyl sites for hydroxylation is 1. The van der Waals surface area contributed by atoms with Gasteiger partial charge in [-0.15, -0.1) is 24.8 Å². The molecule has 4 bridgehead atoms. The Kier molecular flexibility index (Phi) is 7.14. The molecule has 0 unspecified atom stereocenters. The summed E-state index contributed by atoms with van der Waals surface area (Å²) < 4.78 is 0. The molecule has 5 aliphatic rings. The van der Waals surface area contributed by atoms with E-state index in [4.69, 9.17) is 4.98 Å². The highest BCUT2D eigenvalue weighted by atomic mass is 35.5. The first kappa shape index (κ1) is 24.6. The fraction of sp³-hybridized carbons (Fsp3) is 0.615. The van der Waals surface area contributed by atoms with Gasteiger partial charge >= 0.3 is 0 Å². The van der Waals surface area contributed by atoms with E-state index in [2.05, 4.69) is 46.7 Å². The number of pyridine rings is 1. The van der Waals surface area contributed by atoms with Gasteiger partial charge in [-0.2, -0.15) is 0 Å². The molecule has 1 saturated heterocycles. The van der Waals surface area contributed by atoms with Crippen molar-refractivity contribution in [1.82, 2.24) is 10.3 Å². The van der Waals surface area contributed by atoms with Gasteiger partial charge in [0.25, 0.3) is 0 Å². The van der Waals surface area contributed by atoms with Gasteiger partial charge in [0.15, 0.2) is 0 Å². The van der Waals surface area contributed by atoms with Gasteiger partial charge in [-0.05, 0) is 92.4 Å². The number of hydrogen-bond acceptors (Lipinski definition) is 4. The summed E-state index contributed by atoms with van der Waals surface area (Å²) in [5, 5.41) is 7.77. The third-order valence-corrected chi connectivity index (χ3v) is 8.47. The molecule has 1 aromatic heterocycles. The minimum atomic E-state index is 0. The summed E-state index contributed by atoms with van der Waals surface area (Å²) in [5.41, 5.74) is 3.30. The van der Waals surface area contributed by atoms with E-state index < -0.39 is 0 Å². The summed E-state index contributed by atoms with van der Waals surface area (Å²) in [6, 6.07) is 8.44. The van der Waals surface area contributed by atoms with Crippen LogP contribution in [0.2, 0.25) is 0 Å². The maximum Gasteiger partial charge on any atom is 0.224 e. The van der Waals surface area contributed by atoms with E-state index in [1.165, 1.54) is 38.5 Å². The summed E-state index contributed by atoms with van der Waals surface area (Å²) in [4.78, 5) is 20.5. The SMILES string of the molecule is Cc1ccc2nc(N3CCNCC3)ccc2c1NC(=O)CC12CC3CC(CC(C3)C1)C2.Cl.Cl. The van der Waals surface area contributed by atoms with Crippen molar-refractivity contribution in [3.8, 4) is 0 Å². The number of carbonyl (C=O) groups excluding carboxylic acids is 1. The molecule has 0 spiro atoms. The number of rotatable bonds is 4. The van der Waals surface area contributed by atoms with Crippen LogP contribution in [-0.4, -0.2) is 37.1 Å². The lowest BCUT2D eigenvalue weighted by molar-refractivity contribution is -0.124. The molecule has 5 nitrogen and oxygen atoms in total. The zero-order valence-electron chi connectivity index (χ0n) is 19.4. The van der Waals surface area contributed by atoms with Crippen molar-refractivity contribution in [2.24, 2.45) is 23.2 Å². The van der Waals surface area contributed by atoms with Crippen molar-refractivity contribution >= 4 is 53.1 Å². The first-order chi connectivity index (χ1) is 15.1. The molecule has 5 fully saturated rings. The normalized spacial score (nSPS) is 30.0. The van der Waals surface area contributed by atoms with E-state index in [0.29, 0.717) is 6.42 Å². The quantitative estimate of drug-likeness (QED) is 0.606. The molecule has 2 aromatic rings. The predicted molar refractivity (Wildman–Crippen MR) is 140 cm³/mol. The van der Waals surface area contributed by atoms with Crippen LogP contribution >= 0.6 is 24.8 Å². The van der Waals surface area contributed by atoms with Crippen LogP contribution < -0.4 is 15.5 Å². The molecule has 4 saturated carbocycles. The van der Waals surface area contributed by atoms with Gasteiger partial charge in [0.05, 0.1) is 11.2 Å². The van der Waals surface area contributed by atoms with Crippen molar-refractivity contribution in [3.63, 3.8) is 0 Å². The van der Waals surface area contributed by atoms with Crippen LogP contribution in [-0.2, 0) is 4.79 Å². The van der Waals surface area contributed by atoms with E-state index in [9.17, 15) is 4.79 Å². The molecule has 7 heteroatoms. The lowest BCUT2D eigenvalue weighted by Crippen LogP contribution is -2.47. The number of halogens is 2. The van der Waals surface area contributed by atoms with E-state index in [-0.39, 0.29) is 36.1 Å². The van der Waals surface area contributed by atoms with Gasteiger partial charge in [0.1, 0.15) is 5.82 Å². The van der Waals surface area contributed by atoms with Crippen LogP contribution in [0.3, 0.4) is 0 Å². The molecule has 7 rings (SSSR count). The van der Waals surface area contributed by atoms with E-state index in [1.54, 1.807) is 0 Å². The summed E-state index contributed by atoms with van der Waals surface area (Å²) >= 11 is 0. The van der Waals surface area contributed by atoms with Crippen molar-refractivity contribution in [1.29, 1.82) is 0 Å². The average molecular weight is 492 g/mol. The monoisotopic (exact) mass is 490 g/mol. The summed E-state index contributed by atoms with van der Waals surface area (Å²) in [6.45, 7) is 6.06. The van der Waals surface area contributed by atoms with Crippen LogP contribution in [0, 0.1) is 30.1 Å². The molecule has 33 heavy (non-hydrogen) atoms. The maximum atomic E-state index is 13.3. The zero-order valence-corrected chi connectivity index (χ0v) is 21.1. The molecule has 2 heterocycles. The molecule has 0 atom stereocenters. The third kappa shape index (κ3) is 4.69. The number of nitrogens with zero attached hydrogens (tertiary/aromatic N) is 2. The predicted octanol–water partition coefficient (Wildman–Crippen LogP) is 5.34. The van der Waals surface area contributed by atoms with Crippen LogP contribution in [0.15, 0.2) is 24.3 Å². The lowest BCUT2D eigenvalue weighted by atomic mass is 9.49. The molecule has 1 aliphatic heterocycles. The van der Waals surface area contributed by atoms with Crippen molar-refractivity contribution < 1.29 is 4.79 Å². The van der Waals surface area contributed by atoms with Crippen LogP contribution in [0.5, 0.6) is 0 Å². The number of amides is 1. The number of carbonyl (C=O) groups is 1. The minimum absolute atomic E-state index is 0. The number of hydrogen-bond donors (Lipinski definition) is 2. The second-order valence-corrected chi connectivity index (χ2v) is 10.9. The highest BCUT2D eigenvalue weighted by Crippen LogP contribution is 2.61. The highest BCUT2D eigenvalue weighted by molar-refractivity contribution is 6.02. The molecule has 180 valence electrons. The van der Waals surface area contributed by atoms with Gasteiger partial charge in [0.2, 0.25) is 5.91 Å². The molecule has 0 radical (unpaired) electrons. The molecule has 4 aliphatic carbocycles. The average Bonchev–Trinajstić information content (AvgIpc) is 2.75. The minimum Gasteiger partial charge on any atom is -0.354 e. The molecule has 2 N–H and O–H groups in total.